The molecule has 0 aliphatic rings. The van der Waals surface area contributed by atoms with Crippen molar-refractivity contribution in [3.05, 3.63) is 76.8 Å². The number of aliphatic hydroxyl groups is 1. The van der Waals surface area contributed by atoms with Gasteiger partial charge in [0.05, 0.1) is 0 Å². The molecule has 2 rings (SSSR count). The summed E-state index contributed by atoms with van der Waals surface area (Å²) in [6.45, 7) is 0.756. The summed E-state index contributed by atoms with van der Waals surface area (Å²) in [5.41, 5.74) is 2.69. The average molecular weight is 338 g/mol. The van der Waals surface area contributed by atoms with Gasteiger partial charge in [-0.25, -0.2) is 0 Å². The zero-order chi connectivity index (χ0) is 15.2. The lowest BCUT2D eigenvalue weighted by molar-refractivity contribution is 0.237. The maximum atomic E-state index is 10.7. The van der Waals surface area contributed by atoms with Crippen LogP contribution in [-0.4, -0.2) is 30.6 Å². The summed E-state index contributed by atoms with van der Waals surface area (Å²) in [7, 11) is 4.00. The quantitative estimate of drug-likeness (QED) is 0.871. The molecule has 0 spiro atoms. The normalized spacial score (nSPS) is 12.9. The van der Waals surface area contributed by atoms with Gasteiger partial charge in [0, 0.05) is 11.6 Å². The van der Waals surface area contributed by atoms with Gasteiger partial charge in [-0.2, -0.15) is 0 Å². The lowest BCUT2D eigenvalue weighted by Crippen LogP contribution is -2.12. The van der Waals surface area contributed by atoms with E-state index in [2.05, 4.69) is 4.90 Å². The highest BCUT2D eigenvalue weighted by molar-refractivity contribution is 6.30. The van der Waals surface area contributed by atoms with E-state index in [9.17, 15) is 5.11 Å². The van der Waals surface area contributed by atoms with Crippen LogP contribution in [0.2, 0.25) is 5.02 Å². The molecule has 0 saturated heterocycles. The van der Waals surface area contributed by atoms with Gasteiger partial charge in [0.25, 0.3) is 0 Å². The summed E-state index contributed by atoms with van der Waals surface area (Å²) in [5.74, 6) is 0. The summed E-state index contributed by atoms with van der Waals surface area (Å²) in [4.78, 5) is 2.06. The van der Waals surface area contributed by atoms with Gasteiger partial charge in [-0.3, -0.25) is 0 Å². The maximum absolute atomic E-state index is 10.7. The number of rotatable bonds is 5. The second-order valence-corrected chi connectivity index (χ2v) is 5.68. The van der Waals surface area contributed by atoms with Crippen molar-refractivity contribution in [3.63, 3.8) is 0 Å². The smallest absolute Gasteiger partial charge is 0.104 e. The van der Waals surface area contributed by atoms with Crippen molar-refractivity contribution < 1.29 is 5.11 Å². The molecule has 1 N–H and O–H groups in total. The van der Waals surface area contributed by atoms with Crippen LogP contribution in [-0.2, 0) is 0 Å². The topological polar surface area (TPSA) is 23.5 Å². The van der Waals surface area contributed by atoms with Crippen LogP contribution >= 0.6 is 24.0 Å². The number of benzene rings is 2. The zero-order valence-electron chi connectivity index (χ0n) is 12.7. The molecule has 1 atom stereocenters. The van der Waals surface area contributed by atoms with E-state index >= 15 is 0 Å². The van der Waals surface area contributed by atoms with Gasteiger partial charge in [0.2, 0.25) is 0 Å². The first kappa shape index (κ1) is 18.7. The van der Waals surface area contributed by atoms with Crippen LogP contribution in [0, 0.1) is 0 Å². The van der Waals surface area contributed by atoms with E-state index in [-0.39, 0.29) is 12.4 Å². The molecule has 0 radical (unpaired) electrons. The van der Waals surface area contributed by atoms with Gasteiger partial charge in [-0.1, -0.05) is 60.1 Å². The Morgan fingerprint density at radius 3 is 2.41 bits per heavy atom. The molecule has 22 heavy (non-hydrogen) atoms. The van der Waals surface area contributed by atoms with Crippen LogP contribution in [0.25, 0.3) is 5.57 Å². The van der Waals surface area contributed by atoms with Crippen LogP contribution in [0.3, 0.4) is 0 Å². The fourth-order valence-electron chi connectivity index (χ4n) is 2.15. The van der Waals surface area contributed by atoms with Gasteiger partial charge < -0.3 is 10.0 Å². The highest BCUT2D eigenvalue weighted by Gasteiger charge is 2.15. The Morgan fingerprint density at radius 2 is 1.82 bits per heavy atom. The van der Waals surface area contributed by atoms with Crippen LogP contribution < -0.4 is 0 Å². The van der Waals surface area contributed by atoms with E-state index in [1.165, 1.54) is 0 Å². The van der Waals surface area contributed by atoms with Crippen LogP contribution in [0.5, 0.6) is 0 Å². The number of likely N-dealkylation sites (N-methyl/N-ethyl adjacent to an activating group) is 1. The third-order valence-corrected chi connectivity index (χ3v) is 3.48. The van der Waals surface area contributed by atoms with Crippen molar-refractivity contribution in [2.45, 2.75) is 6.10 Å². The monoisotopic (exact) mass is 337 g/mol. The lowest BCUT2D eigenvalue weighted by Gasteiger charge is -2.18. The number of hydrogen-bond donors (Lipinski definition) is 1. The van der Waals surface area contributed by atoms with Gasteiger partial charge in [-0.15, -0.1) is 12.4 Å². The Morgan fingerprint density at radius 1 is 1.14 bits per heavy atom. The zero-order valence-corrected chi connectivity index (χ0v) is 14.3. The third kappa shape index (κ3) is 5.15. The second-order valence-electron chi connectivity index (χ2n) is 5.25. The summed E-state index contributed by atoms with van der Waals surface area (Å²) < 4.78 is 0. The molecule has 0 saturated carbocycles. The summed E-state index contributed by atoms with van der Waals surface area (Å²) in [5, 5.41) is 11.4. The molecule has 0 aliphatic carbocycles. The van der Waals surface area contributed by atoms with Crippen molar-refractivity contribution in [1.82, 2.24) is 4.90 Å². The summed E-state index contributed by atoms with van der Waals surface area (Å²) in [6, 6.07) is 17.3. The highest BCUT2D eigenvalue weighted by atomic mass is 35.5. The Hall–Kier alpha value is -1.32. The minimum Gasteiger partial charge on any atom is -0.384 e. The maximum Gasteiger partial charge on any atom is 0.104 e. The first-order valence-electron chi connectivity index (χ1n) is 6.91. The van der Waals surface area contributed by atoms with Gasteiger partial charge in [-0.05, 0) is 42.9 Å². The van der Waals surface area contributed by atoms with Gasteiger partial charge in [0.15, 0.2) is 0 Å². The highest BCUT2D eigenvalue weighted by Crippen LogP contribution is 2.31. The summed E-state index contributed by atoms with van der Waals surface area (Å²) >= 11 is 6.08. The first-order valence-corrected chi connectivity index (χ1v) is 7.29. The van der Waals surface area contributed by atoms with Crippen LogP contribution in [0.1, 0.15) is 17.2 Å². The van der Waals surface area contributed by atoms with Crippen LogP contribution in [0.15, 0.2) is 60.7 Å². The molecular weight excluding hydrogens is 317 g/mol. The van der Waals surface area contributed by atoms with Crippen molar-refractivity contribution in [3.8, 4) is 0 Å². The molecule has 0 fully saturated rings. The molecule has 0 aliphatic heterocycles. The van der Waals surface area contributed by atoms with Crippen LogP contribution in [0.4, 0.5) is 0 Å². The third-order valence-electron chi connectivity index (χ3n) is 3.24. The molecule has 0 amide bonds. The first-order chi connectivity index (χ1) is 10.1. The van der Waals surface area contributed by atoms with Crippen molar-refractivity contribution in [1.29, 1.82) is 0 Å². The Labute approximate surface area is 143 Å². The molecule has 0 aromatic heterocycles. The second kappa shape index (κ2) is 8.96. The lowest BCUT2D eigenvalue weighted by atomic mass is 9.95. The van der Waals surface area contributed by atoms with Gasteiger partial charge in [0.1, 0.15) is 6.10 Å². The van der Waals surface area contributed by atoms with E-state index in [4.69, 9.17) is 11.6 Å². The van der Waals surface area contributed by atoms with Crippen molar-refractivity contribution in [2.24, 2.45) is 0 Å². The van der Waals surface area contributed by atoms with E-state index in [1.54, 1.807) is 0 Å². The van der Waals surface area contributed by atoms with E-state index in [0.29, 0.717) is 5.02 Å². The molecular formula is C18H21Cl2NO. The van der Waals surface area contributed by atoms with Crippen molar-refractivity contribution in [2.75, 3.05) is 20.6 Å². The molecule has 0 bridgehead atoms. The molecule has 2 nitrogen and oxygen atoms in total. The van der Waals surface area contributed by atoms with E-state index in [0.717, 1.165) is 23.2 Å². The van der Waals surface area contributed by atoms with Gasteiger partial charge >= 0.3 is 0 Å². The SMILES string of the molecule is CN(C)CC=C(c1cccc(Cl)c1)C(O)c1ccccc1.Cl. The van der Waals surface area contributed by atoms with Crippen molar-refractivity contribution >= 4 is 29.6 Å². The minimum absolute atomic E-state index is 0. The summed E-state index contributed by atoms with van der Waals surface area (Å²) in [6.07, 6.45) is 1.38. The average Bonchev–Trinajstić information content (AvgIpc) is 2.48. The fourth-order valence-corrected chi connectivity index (χ4v) is 2.34. The fraction of sp³-hybridized carbons (Fsp3) is 0.222. The largest absolute Gasteiger partial charge is 0.384 e. The predicted octanol–water partition coefficient (Wildman–Crippen LogP) is 4.44. The Kier molecular flexibility index (Phi) is 7.63. The van der Waals surface area contributed by atoms with E-state index < -0.39 is 6.10 Å². The standard InChI is InChI=1S/C18H20ClNO.ClH/c1-20(2)12-11-17(15-9-6-10-16(19)13-15)18(21)14-7-4-3-5-8-14;/h3-11,13,18,21H,12H2,1-2H3;1H. The molecule has 2 aromatic rings. The predicted molar refractivity (Wildman–Crippen MR) is 96.6 cm³/mol. The Bertz CT molecular complexity index is 611. The molecule has 2 aromatic carbocycles. The number of halogens is 2. The molecule has 1 unspecified atom stereocenters. The molecule has 118 valence electrons. The number of aliphatic hydroxyl groups excluding tert-OH is 1. The molecule has 0 heterocycles. The molecule has 4 heteroatoms. The number of hydrogen-bond acceptors (Lipinski definition) is 2. The van der Waals surface area contributed by atoms with E-state index in [1.807, 2.05) is 74.8 Å². The Balaban J connectivity index is 0.00000242. The number of nitrogens with zero attached hydrogens (tertiary/aromatic N) is 1. The minimum atomic E-state index is -0.662.